The van der Waals surface area contributed by atoms with Gasteiger partial charge in [0.25, 0.3) is 0 Å². The molecule has 0 unspecified atom stereocenters. The van der Waals surface area contributed by atoms with Crippen molar-refractivity contribution < 1.29 is 9.59 Å². The molecule has 1 heterocycles. The molecular weight excluding hydrogens is 204 g/mol. The number of hydrogen-bond acceptors (Lipinski definition) is 2. The molecule has 1 saturated heterocycles. The van der Waals surface area contributed by atoms with Gasteiger partial charge in [0.15, 0.2) is 0 Å². The fourth-order valence-corrected chi connectivity index (χ4v) is 1.87. The van der Waals surface area contributed by atoms with E-state index in [1.807, 2.05) is 27.7 Å². The van der Waals surface area contributed by atoms with Gasteiger partial charge in [0.05, 0.1) is 5.92 Å². The van der Waals surface area contributed by atoms with Crippen molar-refractivity contribution in [1.29, 1.82) is 0 Å². The van der Waals surface area contributed by atoms with Crippen molar-refractivity contribution in [2.75, 3.05) is 6.54 Å². The van der Waals surface area contributed by atoms with Gasteiger partial charge >= 0.3 is 0 Å². The molecule has 4 nitrogen and oxygen atoms in total. The van der Waals surface area contributed by atoms with Crippen LogP contribution in [-0.4, -0.2) is 35.3 Å². The van der Waals surface area contributed by atoms with Gasteiger partial charge in [-0.05, 0) is 27.2 Å². The van der Waals surface area contributed by atoms with E-state index < -0.39 is 0 Å². The lowest BCUT2D eigenvalue weighted by molar-refractivity contribution is -0.130. The van der Waals surface area contributed by atoms with Crippen LogP contribution < -0.4 is 5.32 Å². The number of nitrogens with one attached hydrogen (secondary N) is 1. The van der Waals surface area contributed by atoms with Gasteiger partial charge in [-0.3, -0.25) is 9.59 Å². The van der Waals surface area contributed by atoms with Crippen LogP contribution in [0.3, 0.4) is 0 Å². The number of hydrogen-bond donors (Lipinski definition) is 1. The third-order valence-corrected chi connectivity index (χ3v) is 3.15. The molecule has 1 rings (SSSR count). The molecule has 92 valence electrons. The number of rotatable bonds is 4. The van der Waals surface area contributed by atoms with Crippen LogP contribution in [0.15, 0.2) is 0 Å². The van der Waals surface area contributed by atoms with Crippen molar-refractivity contribution in [2.45, 2.75) is 52.6 Å². The molecule has 0 spiro atoms. The molecule has 0 bridgehead atoms. The predicted molar refractivity (Wildman–Crippen MR) is 62.9 cm³/mol. The second kappa shape index (κ2) is 5.32. The van der Waals surface area contributed by atoms with Gasteiger partial charge in [-0.25, -0.2) is 0 Å². The molecular formula is C12H22N2O2. The minimum Gasteiger partial charge on any atom is -0.353 e. The minimum absolute atomic E-state index is 0.0193. The van der Waals surface area contributed by atoms with Gasteiger partial charge < -0.3 is 10.2 Å². The average Bonchev–Trinajstić information content (AvgIpc) is 2.60. The maximum absolute atomic E-state index is 11.8. The highest BCUT2D eigenvalue weighted by Crippen LogP contribution is 2.20. The maximum Gasteiger partial charge on any atom is 0.225 e. The van der Waals surface area contributed by atoms with Gasteiger partial charge in [-0.15, -0.1) is 0 Å². The molecule has 2 amide bonds. The van der Waals surface area contributed by atoms with Gasteiger partial charge in [0, 0.05) is 25.0 Å². The number of carbonyl (C=O) groups is 2. The van der Waals surface area contributed by atoms with Crippen LogP contribution in [0.1, 0.15) is 40.5 Å². The standard InChI is InChI=1S/C12H22N2O2/c1-5-9(4)13-12(16)10-6-11(15)14(7-10)8(2)3/h8-10H,5-7H2,1-4H3,(H,13,16)/t9-,10-/m0/s1. The van der Waals surface area contributed by atoms with Crippen LogP contribution >= 0.6 is 0 Å². The molecule has 0 aromatic carbocycles. The molecule has 0 aromatic rings. The first kappa shape index (κ1) is 13.0. The SMILES string of the molecule is CC[C@H](C)NC(=O)[C@H]1CC(=O)N(C(C)C)C1. The Morgan fingerprint density at radius 1 is 1.50 bits per heavy atom. The monoisotopic (exact) mass is 226 g/mol. The Hall–Kier alpha value is -1.06. The zero-order valence-corrected chi connectivity index (χ0v) is 10.6. The highest BCUT2D eigenvalue weighted by Gasteiger charge is 2.35. The quantitative estimate of drug-likeness (QED) is 0.782. The molecule has 4 heteroatoms. The van der Waals surface area contributed by atoms with Crippen molar-refractivity contribution >= 4 is 11.8 Å². The fraction of sp³-hybridized carbons (Fsp3) is 0.833. The summed E-state index contributed by atoms with van der Waals surface area (Å²) in [5, 5.41) is 2.93. The summed E-state index contributed by atoms with van der Waals surface area (Å²) in [7, 11) is 0. The first-order chi connectivity index (χ1) is 7.45. The summed E-state index contributed by atoms with van der Waals surface area (Å²) >= 11 is 0. The second-order valence-corrected chi connectivity index (χ2v) is 4.86. The Morgan fingerprint density at radius 3 is 2.56 bits per heavy atom. The van der Waals surface area contributed by atoms with E-state index in [0.717, 1.165) is 6.42 Å². The largest absolute Gasteiger partial charge is 0.353 e. The topological polar surface area (TPSA) is 49.4 Å². The highest BCUT2D eigenvalue weighted by molar-refractivity contribution is 5.89. The van der Waals surface area contributed by atoms with Crippen LogP contribution in [0.25, 0.3) is 0 Å². The molecule has 2 atom stereocenters. The molecule has 0 radical (unpaired) electrons. The Morgan fingerprint density at radius 2 is 2.12 bits per heavy atom. The summed E-state index contributed by atoms with van der Waals surface area (Å²) in [5.74, 6) is -0.0472. The van der Waals surface area contributed by atoms with E-state index in [1.54, 1.807) is 4.90 Å². The number of amides is 2. The molecule has 1 N–H and O–H groups in total. The van der Waals surface area contributed by atoms with Gasteiger partial charge in [-0.1, -0.05) is 6.92 Å². The summed E-state index contributed by atoms with van der Waals surface area (Å²) in [5.41, 5.74) is 0. The smallest absolute Gasteiger partial charge is 0.225 e. The molecule has 1 aliphatic rings. The summed E-state index contributed by atoms with van der Waals surface area (Å²) in [6, 6.07) is 0.379. The van der Waals surface area contributed by atoms with Crippen LogP contribution in [0.2, 0.25) is 0 Å². The van der Waals surface area contributed by atoms with Crippen LogP contribution in [0.4, 0.5) is 0 Å². The van der Waals surface area contributed by atoms with E-state index in [4.69, 9.17) is 0 Å². The Balaban J connectivity index is 2.52. The van der Waals surface area contributed by atoms with E-state index >= 15 is 0 Å². The number of nitrogens with zero attached hydrogens (tertiary/aromatic N) is 1. The van der Waals surface area contributed by atoms with E-state index in [2.05, 4.69) is 5.32 Å². The van der Waals surface area contributed by atoms with Crippen molar-refractivity contribution in [3.05, 3.63) is 0 Å². The maximum atomic E-state index is 11.8. The molecule has 1 aliphatic heterocycles. The minimum atomic E-state index is -0.163. The lowest BCUT2D eigenvalue weighted by Gasteiger charge is -2.21. The summed E-state index contributed by atoms with van der Waals surface area (Å²) in [4.78, 5) is 25.2. The highest BCUT2D eigenvalue weighted by atomic mass is 16.2. The van der Waals surface area contributed by atoms with Crippen LogP contribution in [0.5, 0.6) is 0 Å². The Kier molecular flexibility index (Phi) is 4.33. The fourth-order valence-electron chi connectivity index (χ4n) is 1.87. The van der Waals surface area contributed by atoms with Gasteiger partial charge in [0.2, 0.25) is 11.8 Å². The molecule has 0 aromatic heterocycles. The van der Waals surface area contributed by atoms with E-state index in [-0.39, 0.29) is 29.8 Å². The molecule has 0 saturated carbocycles. The molecule has 16 heavy (non-hydrogen) atoms. The lowest BCUT2D eigenvalue weighted by Crippen LogP contribution is -2.39. The summed E-state index contributed by atoms with van der Waals surface area (Å²) in [6.07, 6.45) is 1.28. The van der Waals surface area contributed by atoms with Crippen molar-refractivity contribution in [1.82, 2.24) is 10.2 Å². The first-order valence-corrected chi connectivity index (χ1v) is 6.05. The Bertz CT molecular complexity index is 276. The van der Waals surface area contributed by atoms with E-state index in [0.29, 0.717) is 13.0 Å². The number of carbonyl (C=O) groups excluding carboxylic acids is 2. The van der Waals surface area contributed by atoms with Crippen molar-refractivity contribution in [3.8, 4) is 0 Å². The summed E-state index contributed by atoms with van der Waals surface area (Å²) < 4.78 is 0. The average molecular weight is 226 g/mol. The van der Waals surface area contributed by atoms with E-state index in [1.165, 1.54) is 0 Å². The van der Waals surface area contributed by atoms with Gasteiger partial charge in [-0.2, -0.15) is 0 Å². The molecule has 0 aliphatic carbocycles. The predicted octanol–water partition coefficient (Wildman–Crippen LogP) is 1.16. The lowest BCUT2D eigenvalue weighted by atomic mass is 10.1. The zero-order valence-electron chi connectivity index (χ0n) is 10.6. The zero-order chi connectivity index (χ0) is 12.3. The molecule has 1 fully saturated rings. The van der Waals surface area contributed by atoms with E-state index in [9.17, 15) is 9.59 Å². The third kappa shape index (κ3) is 2.97. The Labute approximate surface area is 97.4 Å². The normalized spacial score (nSPS) is 22.7. The summed E-state index contributed by atoms with van der Waals surface area (Å²) in [6.45, 7) is 8.54. The van der Waals surface area contributed by atoms with Gasteiger partial charge in [0.1, 0.15) is 0 Å². The van der Waals surface area contributed by atoms with Crippen molar-refractivity contribution in [2.24, 2.45) is 5.92 Å². The number of likely N-dealkylation sites (tertiary alicyclic amines) is 1. The van der Waals surface area contributed by atoms with Crippen LogP contribution in [-0.2, 0) is 9.59 Å². The third-order valence-electron chi connectivity index (χ3n) is 3.15. The second-order valence-electron chi connectivity index (χ2n) is 4.86. The van der Waals surface area contributed by atoms with Crippen LogP contribution in [0, 0.1) is 5.92 Å². The van der Waals surface area contributed by atoms with Crippen molar-refractivity contribution in [3.63, 3.8) is 0 Å². The first-order valence-electron chi connectivity index (χ1n) is 6.05.